The van der Waals surface area contributed by atoms with Crippen molar-refractivity contribution in [3.8, 4) is 6.07 Å². The summed E-state index contributed by atoms with van der Waals surface area (Å²) in [6.07, 6.45) is 2.07. The maximum atomic E-state index is 14.1. The van der Waals surface area contributed by atoms with Gasteiger partial charge in [-0.15, -0.1) is 0 Å². The van der Waals surface area contributed by atoms with Crippen molar-refractivity contribution in [2.75, 3.05) is 19.6 Å². The number of halogens is 1. The Morgan fingerprint density at radius 1 is 1.23 bits per heavy atom. The van der Waals surface area contributed by atoms with Gasteiger partial charge in [0.25, 0.3) is 0 Å². The third-order valence-corrected chi connectivity index (χ3v) is 5.63. The van der Waals surface area contributed by atoms with Crippen LogP contribution in [0.4, 0.5) is 4.39 Å². The van der Waals surface area contributed by atoms with Gasteiger partial charge in [-0.3, -0.25) is 4.90 Å². The molecule has 6 heteroatoms. The minimum absolute atomic E-state index is 0.233. The van der Waals surface area contributed by atoms with Crippen molar-refractivity contribution < 1.29 is 4.39 Å². The molecule has 1 saturated heterocycles. The van der Waals surface area contributed by atoms with Crippen LogP contribution in [0, 0.1) is 17.1 Å². The van der Waals surface area contributed by atoms with E-state index in [2.05, 4.69) is 57.8 Å². The van der Waals surface area contributed by atoms with Gasteiger partial charge in [0.05, 0.1) is 18.2 Å². The summed E-state index contributed by atoms with van der Waals surface area (Å²) in [6.45, 7) is 7.31. The highest BCUT2D eigenvalue weighted by Gasteiger charge is 2.24. The molecule has 1 aliphatic heterocycles. The van der Waals surface area contributed by atoms with Gasteiger partial charge in [0.2, 0.25) is 0 Å². The summed E-state index contributed by atoms with van der Waals surface area (Å²) in [6, 6.07) is 17.8. The van der Waals surface area contributed by atoms with Crippen LogP contribution in [0.2, 0.25) is 0 Å². The molecule has 0 amide bonds. The zero-order valence-corrected chi connectivity index (χ0v) is 17.7. The molecule has 3 rings (SSSR count). The molecule has 0 radical (unpaired) electrons. The maximum absolute atomic E-state index is 14.1. The molecule has 0 bridgehead atoms. The Labute approximate surface area is 178 Å². The van der Waals surface area contributed by atoms with Crippen LogP contribution in [0.25, 0.3) is 0 Å². The predicted molar refractivity (Wildman–Crippen MR) is 119 cm³/mol. The largest absolute Gasteiger partial charge is 0.357 e. The standard InChI is InChI=1S/C24H30FN5/c1-3-27-24(28-17-21-10-9-19(16-26)15-23(21)25)29-22-11-13-30(14-12-22)18(2)20-7-5-4-6-8-20/h4-10,15,18,22H,3,11-14,17H2,1-2H3,(H2,27,28,29). The molecule has 2 aromatic rings. The van der Waals surface area contributed by atoms with Gasteiger partial charge in [0, 0.05) is 37.3 Å². The molecular weight excluding hydrogens is 377 g/mol. The third kappa shape index (κ3) is 5.80. The second kappa shape index (κ2) is 10.7. The van der Waals surface area contributed by atoms with Gasteiger partial charge in [-0.05, 0) is 44.4 Å². The first-order chi connectivity index (χ1) is 14.6. The van der Waals surface area contributed by atoms with Crippen molar-refractivity contribution in [3.63, 3.8) is 0 Å². The number of nitrogens with zero attached hydrogens (tertiary/aromatic N) is 3. The average molecular weight is 408 g/mol. The number of benzene rings is 2. The molecule has 5 nitrogen and oxygen atoms in total. The molecule has 1 atom stereocenters. The van der Waals surface area contributed by atoms with Crippen molar-refractivity contribution in [3.05, 3.63) is 71.0 Å². The van der Waals surface area contributed by atoms with E-state index in [1.54, 1.807) is 12.1 Å². The Balaban J connectivity index is 1.56. The topological polar surface area (TPSA) is 63.5 Å². The quantitative estimate of drug-likeness (QED) is 0.562. The Morgan fingerprint density at radius 2 is 1.97 bits per heavy atom. The highest BCUT2D eigenvalue weighted by atomic mass is 19.1. The molecule has 2 aromatic carbocycles. The van der Waals surface area contributed by atoms with Crippen LogP contribution >= 0.6 is 0 Å². The van der Waals surface area contributed by atoms with E-state index in [-0.39, 0.29) is 6.54 Å². The summed E-state index contributed by atoms with van der Waals surface area (Å²) in [5.41, 5.74) is 2.16. The number of piperidine rings is 1. The molecule has 1 unspecified atom stereocenters. The zero-order chi connectivity index (χ0) is 21.3. The summed E-state index contributed by atoms with van der Waals surface area (Å²) in [5, 5.41) is 15.6. The summed E-state index contributed by atoms with van der Waals surface area (Å²) < 4.78 is 14.1. The average Bonchev–Trinajstić information content (AvgIpc) is 2.78. The van der Waals surface area contributed by atoms with Crippen LogP contribution in [0.1, 0.15) is 49.4 Å². The number of rotatable bonds is 6. The summed E-state index contributed by atoms with van der Waals surface area (Å²) in [4.78, 5) is 7.07. The second-order valence-corrected chi connectivity index (χ2v) is 7.65. The lowest BCUT2D eigenvalue weighted by molar-refractivity contribution is 0.158. The molecule has 0 aromatic heterocycles. The Kier molecular flexibility index (Phi) is 7.81. The normalized spacial score (nSPS) is 16.7. The van der Waals surface area contributed by atoms with Crippen molar-refractivity contribution in [1.82, 2.24) is 15.5 Å². The van der Waals surface area contributed by atoms with E-state index in [0.29, 0.717) is 29.2 Å². The molecule has 1 fully saturated rings. The predicted octanol–water partition coefficient (Wildman–Crippen LogP) is 3.98. The van der Waals surface area contributed by atoms with Crippen LogP contribution in [-0.2, 0) is 6.54 Å². The highest BCUT2D eigenvalue weighted by molar-refractivity contribution is 5.80. The van der Waals surface area contributed by atoms with Crippen LogP contribution in [0.3, 0.4) is 0 Å². The Bertz CT molecular complexity index is 882. The van der Waals surface area contributed by atoms with Crippen LogP contribution in [0.5, 0.6) is 0 Å². The van der Waals surface area contributed by atoms with Gasteiger partial charge in [-0.2, -0.15) is 5.26 Å². The summed E-state index contributed by atoms with van der Waals surface area (Å²) in [7, 11) is 0. The SMILES string of the molecule is CCNC(=NCc1ccc(C#N)cc1F)NC1CCN(C(C)c2ccccc2)CC1. The molecular formula is C24H30FN5. The van der Waals surface area contributed by atoms with E-state index in [0.717, 1.165) is 32.5 Å². The maximum Gasteiger partial charge on any atom is 0.191 e. The fraction of sp³-hybridized carbons (Fsp3) is 0.417. The lowest BCUT2D eigenvalue weighted by atomic mass is 10.0. The minimum atomic E-state index is -0.392. The van der Waals surface area contributed by atoms with Gasteiger partial charge in [0.15, 0.2) is 5.96 Å². The smallest absolute Gasteiger partial charge is 0.191 e. The lowest BCUT2D eigenvalue weighted by Crippen LogP contribution is -2.49. The first-order valence-electron chi connectivity index (χ1n) is 10.6. The fourth-order valence-corrected chi connectivity index (χ4v) is 3.80. The molecule has 30 heavy (non-hydrogen) atoms. The Hall–Kier alpha value is -2.91. The zero-order valence-electron chi connectivity index (χ0n) is 17.7. The van der Waals surface area contributed by atoms with Gasteiger partial charge in [0.1, 0.15) is 5.82 Å². The van der Waals surface area contributed by atoms with E-state index in [1.807, 2.05) is 13.0 Å². The number of hydrogen-bond donors (Lipinski definition) is 2. The van der Waals surface area contributed by atoms with Crippen molar-refractivity contribution in [2.45, 2.75) is 45.3 Å². The molecule has 1 aliphatic rings. The number of guanidine groups is 1. The van der Waals surface area contributed by atoms with Gasteiger partial charge in [-0.25, -0.2) is 9.38 Å². The fourth-order valence-electron chi connectivity index (χ4n) is 3.80. The molecule has 1 heterocycles. The van der Waals surface area contributed by atoms with Crippen molar-refractivity contribution in [1.29, 1.82) is 5.26 Å². The highest BCUT2D eigenvalue weighted by Crippen LogP contribution is 2.24. The summed E-state index contributed by atoms with van der Waals surface area (Å²) in [5.74, 6) is 0.313. The van der Waals surface area contributed by atoms with Crippen molar-refractivity contribution >= 4 is 5.96 Å². The lowest BCUT2D eigenvalue weighted by Gasteiger charge is -2.37. The number of aliphatic imine (C=N–C) groups is 1. The minimum Gasteiger partial charge on any atom is -0.357 e. The number of likely N-dealkylation sites (tertiary alicyclic amines) is 1. The first-order valence-corrected chi connectivity index (χ1v) is 10.6. The van der Waals surface area contributed by atoms with E-state index >= 15 is 0 Å². The van der Waals surface area contributed by atoms with Gasteiger partial charge >= 0.3 is 0 Å². The number of nitriles is 1. The van der Waals surface area contributed by atoms with Crippen LogP contribution in [0.15, 0.2) is 53.5 Å². The van der Waals surface area contributed by atoms with Crippen LogP contribution in [-0.4, -0.2) is 36.5 Å². The van der Waals surface area contributed by atoms with E-state index in [1.165, 1.54) is 11.6 Å². The van der Waals surface area contributed by atoms with Gasteiger partial charge < -0.3 is 10.6 Å². The molecule has 158 valence electrons. The van der Waals surface area contributed by atoms with E-state index in [4.69, 9.17) is 5.26 Å². The second-order valence-electron chi connectivity index (χ2n) is 7.65. The van der Waals surface area contributed by atoms with Gasteiger partial charge in [-0.1, -0.05) is 36.4 Å². The molecule has 0 saturated carbocycles. The molecule has 0 aliphatic carbocycles. The van der Waals surface area contributed by atoms with E-state index in [9.17, 15) is 4.39 Å². The molecule has 2 N–H and O–H groups in total. The molecule has 0 spiro atoms. The monoisotopic (exact) mass is 407 g/mol. The Morgan fingerprint density at radius 3 is 2.60 bits per heavy atom. The third-order valence-electron chi connectivity index (χ3n) is 5.63. The van der Waals surface area contributed by atoms with Crippen molar-refractivity contribution in [2.24, 2.45) is 4.99 Å². The first kappa shape index (κ1) is 21.8. The summed E-state index contributed by atoms with van der Waals surface area (Å²) >= 11 is 0. The van der Waals surface area contributed by atoms with Crippen LogP contribution < -0.4 is 10.6 Å². The number of hydrogen-bond acceptors (Lipinski definition) is 3. The number of nitrogens with one attached hydrogen (secondary N) is 2. The van der Waals surface area contributed by atoms with E-state index < -0.39 is 5.82 Å².